The van der Waals surface area contributed by atoms with Crippen LogP contribution in [0.25, 0.3) is 0 Å². The number of carbonyl (C=O) groups excluding carboxylic acids is 1. The molecule has 0 radical (unpaired) electrons. The Bertz CT molecular complexity index is 419. The number of hydrogen-bond acceptors (Lipinski definition) is 2. The topological polar surface area (TPSA) is 37.1 Å². The van der Waals surface area contributed by atoms with E-state index in [0.29, 0.717) is 41.9 Å². The summed E-state index contributed by atoms with van der Waals surface area (Å²) in [6.07, 6.45) is 8.31. The van der Waals surface area contributed by atoms with E-state index < -0.39 is 0 Å². The fraction of sp³-hybridized carbons (Fsp3) is 0.938. The Morgan fingerprint density at radius 1 is 0.842 bits per heavy atom. The summed E-state index contributed by atoms with van der Waals surface area (Å²) in [6.45, 7) is 1.44. The molecule has 19 heavy (non-hydrogen) atoms. The van der Waals surface area contributed by atoms with Crippen LogP contribution in [0, 0.1) is 40.4 Å². The lowest BCUT2D eigenvalue weighted by molar-refractivity contribution is -0.533. The zero-order valence-corrected chi connectivity index (χ0v) is 11.6. The second kappa shape index (κ2) is 4.39. The van der Waals surface area contributed by atoms with Crippen molar-refractivity contribution in [2.45, 2.75) is 44.9 Å². The number of Topliss-reactive ketones (excluding diaryl/α,β-unsaturated/α-hetero) is 1. The number of carbonyl (C=O) groups is 1. The van der Waals surface area contributed by atoms with Crippen molar-refractivity contribution >= 4 is 5.78 Å². The van der Waals surface area contributed by atoms with Crippen LogP contribution in [0.3, 0.4) is 0 Å². The van der Waals surface area contributed by atoms with Gasteiger partial charge >= 0.3 is 0 Å². The lowest BCUT2D eigenvalue weighted by Crippen LogP contribution is -2.48. The van der Waals surface area contributed by atoms with Crippen LogP contribution in [0.4, 0.5) is 0 Å². The second-order valence-corrected chi connectivity index (χ2v) is 7.40. The molecule has 0 amide bonds. The van der Waals surface area contributed by atoms with E-state index in [1.807, 2.05) is 0 Å². The van der Waals surface area contributed by atoms with Crippen molar-refractivity contribution in [3.8, 4) is 0 Å². The normalized spacial score (nSPS) is 49.5. The summed E-state index contributed by atoms with van der Waals surface area (Å²) in [5, 5.41) is 0. The Labute approximate surface area is 114 Å². The minimum atomic E-state index is 0.385. The highest BCUT2D eigenvalue weighted by Gasteiger charge is 2.55. The lowest BCUT2D eigenvalue weighted by atomic mass is 9.53. The Morgan fingerprint density at radius 2 is 1.68 bits per heavy atom. The van der Waals surface area contributed by atoms with Gasteiger partial charge in [0.15, 0.2) is 13.1 Å². The minimum Gasteiger partial charge on any atom is -0.299 e. The van der Waals surface area contributed by atoms with Gasteiger partial charge in [0.2, 0.25) is 0 Å². The minimum absolute atomic E-state index is 0.385. The number of hydrogen-bond donors (Lipinski definition) is 0. The molecule has 1 heterocycles. The van der Waals surface area contributed by atoms with Gasteiger partial charge in [-0.3, -0.25) is 4.79 Å². The van der Waals surface area contributed by atoms with Gasteiger partial charge in [0.1, 0.15) is 5.78 Å². The molecular formula is C16H24NO2+. The molecular weight excluding hydrogens is 238 g/mol. The zero-order valence-electron chi connectivity index (χ0n) is 11.6. The van der Waals surface area contributed by atoms with Gasteiger partial charge in [-0.1, -0.05) is 12.8 Å². The van der Waals surface area contributed by atoms with Gasteiger partial charge in [0.05, 0.1) is 0 Å². The van der Waals surface area contributed by atoms with Crippen LogP contribution in [-0.4, -0.2) is 23.6 Å². The number of ketones is 1. The summed E-state index contributed by atoms with van der Waals surface area (Å²) in [5.74, 6) is 4.02. The smallest absolute Gasteiger partial charge is 0.195 e. The van der Waals surface area contributed by atoms with Crippen LogP contribution >= 0.6 is 0 Å². The molecule has 104 valence electrons. The average molecular weight is 262 g/mol. The predicted molar refractivity (Wildman–Crippen MR) is 71.6 cm³/mol. The summed E-state index contributed by atoms with van der Waals surface area (Å²) in [6, 6.07) is 0. The van der Waals surface area contributed by atoms with E-state index in [4.69, 9.17) is 0 Å². The molecule has 3 nitrogen and oxygen atoms in total. The first kappa shape index (κ1) is 12.0. The molecule has 0 N–H and O–H groups in total. The standard InChI is InChI=1S/C16H24NO2/c18-16-7-14-12(11-3-1-2-4-13(11)16)6-5-10-8-17(19)9-15(10)14/h10-15H,1-9H2/q+1. The van der Waals surface area contributed by atoms with Gasteiger partial charge < -0.3 is 0 Å². The molecule has 3 aliphatic carbocycles. The van der Waals surface area contributed by atoms with Gasteiger partial charge in [-0.2, -0.15) is 0 Å². The maximum atomic E-state index is 12.5. The van der Waals surface area contributed by atoms with Crippen molar-refractivity contribution in [2.24, 2.45) is 35.5 Å². The molecule has 4 fully saturated rings. The molecule has 3 saturated carbocycles. The van der Waals surface area contributed by atoms with E-state index in [0.717, 1.165) is 25.3 Å². The van der Waals surface area contributed by atoms with E-state index in [-0.39, 0.29) is 0 Å². The Kier molecular flexibility index (Phi) is 2.78. The fourth-order valence-electron chi connectivity index (χ4n) is 5.87. The van der Waals surface area contributed by atoms with Gasteiger partial charge in [-0.15, -0.1) is 0 Å². The van der Waals surface area contributed by atoms with Crippen molar-refractivity contribution in [3.05, 3.63) is 4.91 Å². The van der Waals surface area contributed by atoms with E-state index in [9.17, 15) is 9.70 Å². The van der Waals surface area contributed by atoms with Crippen LogP contribution in [0.5, 0.6) is 0 Å². The Hall–Kier alpha value is -0.730. The monoisotopic (exact) mass is 262 g/mol. The first-order valence-corrected chi connectivity index (χ1v) is 8.19. The first-order valence-electron chi connectivity index (χ1n) is 8.19. The van der Waals surface area contributed by atoms with Crippen molar-refractivity contribution in [1.82, 2.24) is 0 Å². The van der Waals surface area contributed by atoms with E-state index in [2.05, 4.69) is 0 Å². The van der Waals surface area contributed by atoms with Gasteiger partial charge in [0.25, 0.3) is 0 Å². The van der Waals surface area contributed by atoms with Gasteiger partial charge in [-0.25, -0.2) is 0 Å². The summed E-state index contributed by atoms with van der Waals surface area (Å²) < 4.78 is 1.26. The third kappa shape index (κ3) is 1.80. The predicted octanol–water partition coefficient (Wildman–Crippen LogP) is 2.82. The van der Waals surface area contributed by atoms with E-state index in [1.54, 1.807) is 0 Å². The number of nitroso groups, excluding NO2 is 1. The molecule has 4 aliphatic rings. The van der Waals surface area contributed by atoms with E-state index >= 15 is 0 Å². The maximum Gasteiger partial charge on any atom is 0.195 e. The number of rotatable bonds is 0. The zero-order chi connectivity index (χ0) is 13.0. The molecule has 1 saturated heterocycles. The number of nitrogens with zero attached hydrogens (tertiary/aromatic N) is 1. The summed E-state index contributed by atoms with van der Waals surface area (Å²) >= 11 is 0. The molecule has 1 aliphatic heterocycles. The lowest BCUT2D eigenvalue weighted by Gasteiger charge is -2.49. The highest BCUT2D eigenvalue weighted by atomic mass is 16.3. The quantitative estimate of drug-likeness (QED) is 0.629. The van der Waals surface area contributed by atoms with Crippen molar-refractivity contribution in [1.29, 1.82) is 0 Å². The number of fused-ring (bicyclic) bond motifs is 5. The summed E-state index contributed by atoms with van der Waals surface area (Å²) in [4.78, 5) is 24.1. The SMILES string of the molecule is O=C1CC2C3C[N+](=O)CC3CCC2C2CCCCC12. The van der Waals surface area contributed by atoms with Crippen LogP contribution in [0.15, 0.2) is 0 Å². The molecule has 0 aromatic rings. The second-order valence-electron chi connectivity index (χ2n) is 7.40. The van der Waals surface area contributed by atoms with E-state index in [1.165, 1.54) is 36.9 Å². The molecule has 6 atom stereocenters. The molecule has 0 aromatic carbocycles. The van der Waals surface area contributed by atoms with Crippen molar-refractivity contribution < 1.29 is 9.55 Å². The highest BCUT2D eigenvalue weighted by Crippen LogP contribution is 2.54. The fourth-order valence-corrected chi connectivity index (χ4v) is 5.87. The van der Waals surface area contributed by atoms with Crippen LogP contribution in [0.1, 0.15) is 44.9 Å². The van der Waals surface area contributed by atoms with Gasteiger partial charge in [0, 0.05) is 29.1 Å². The van der Waals surface area contributed by atoms with Crippen LogP contribution in [0.2, 0.25) is 0 Å². The Balaban J connectivity index is 1.62. The molecule has 3 heteroatoms. The molecule has 4 rings (SSSR count). The largest absolute Gasteiger partial charge is 0.299 e. The van der Waals surface area contributed by atoms with Gasteiger partial charge in [-0.05, 0) is 48.2 Å². The molecule has 6 unspecified atom stereocenters. The molecule has 0 bridgehead atoms. The highest BCUT2D eigenvalue weighted by molar-refractivity contribution is 5.82. The summed E-state index contributed by atoms with van der Waals surface area (Å²) in [7, 11) is 0. The molecule has 0 aromatic heterocycles. The molecule has 0 spiro atoms. The maximum absolute atomic E-state index is 12.5. The third-order valence-electron chi connectivity index (χ3n) is 6.65. The average Bonchev–Trinajstić information content (AvgIpc) is 2.80. The van der Waals surface area contributed by atoms with Crippen LogP contribution in [-0.2, 0) is 4.79 Å². The third-order valence-corrected chi connectivity index (χ3v) is 6.65. The van der Waals surface area contributed by atoms with Crippen molar-refractivity contribution in [3.63, 3.8) is 0 Å². The first-order chi connectivity index (χ1) is 9.24. The summed E-state index contributed by atoms with van der Waals surface area (Å²) in [5.41, 5.74) is 0. The van der Waals surface area contributed by atoms with Crippen LogP contribution < -0.4 is 0 Å². The van der Waals surface area contributed by atoms with Crippen molar-refractivity contribution in [2.75, 3.05) is 13.1 Å². The Morgan fingerprint density at radius 3 is 2.58 bits per heavy atom.